The summed E-state index contributed by atoms with van der Waals surface area (Å²) < 4.78 is 13.0. The Kier molecular flexibility index (Phi) is 5.19. The number of aromatic nitrogens is 3. The van der Waals surface area contributed by atoms with Crippen LogP contribution in [0.1, 0.15) is 17.1 Å². The highest BCUT2D eigenvalue weighted by Gasteiger charge is 2.17. The SMILES string of the molecule is Cc1ccc(OCc2nc3sc(=Cc4ccc(-c5ccccc5[N+](=O)[O-])o4)c(=O)n3n2)cc1. The minimum atomic E-state index is -0.461. The molecule has 5 aromatic rings. The average Bonchev–Trinajstić information content (AvgIpc) is 3.51. The molecule has 0 aliphatic heterocycles. The highest BCUT2D eigenvalue weighted by molar-refractivity contribution is 7.15. The first kappa shape index (κ1) is 20.6. The molecule has 10 heteroatoms. The van der Waals surface area contributed by atoms with Crippen molar-refractivity contribution < 1.29 is 14.1 Å². The summed E-state index contributed by atoms with van der Waals surface area (Å²) in [5, 5.41) is 15.5. The molecular weight excluding hydrogens is 444 g/mol. The molecule has 0 bridgehead atoms. The number of nitrogens with zero attached hydrogens (tertiary/aromatic N) is 4. The van der Waals surface area contributed by atoms with Gasteiger partial charge in [-0.2, -0.15) is 9.50 Å². The van der Waals surface area contributed by atoms with Crippen molar-refractivity contribution in [3.8, 4) is 17.1 Å². The maximum absolute atomic E-state index is 12.7. The smallest absolute Gasteiger partial charge is 0.291 e. The molecule has 0 unspecified atom stereocenters. The molecule has 0 aliphatic rings. The lowest BCUT2D eigenvalue weighted by Gasteiger charge is -2.03. The molecule has 0 saturated carbocycles. The molecular formula is C23H16N4O5S. The fraction of sp³-hybridized carbons (Fsp3) is 0.0870. The normalized spacial score (nSPS) is 11.8. The van der Waals surface area contributed by atoms with Crippen LogP contribution in [0.3, 0.4) is 0 Å². The second-order valence-corrected chi connectivity index (χ2v) is 8.23. The van der Waals surface area contributed by atoms with Crippen LogP contribution >= 0.6 is 11.3 Å². The first-order valence-electron chi connectivity index (χ1n) is 9.91. The maximum Gasteiger partial charge on any atom is 0.291 e. The molecule has 0 atom stereocenters. The number of ether oxygens (including phenoxy) is 1. The van der Waals surface area contributed by atoms with Crippen molar-refractivity contribution in [2.75, 3.05) is 0 Å². The number of para-hydroxylation sites is 1. The van der Waals surface area contributed by atoms with Crippen molar-refractivity contribution in [2.24, 2.45) is 0 Å². The van der Waals surface area contributed by atoms with Gasteiger partial charge < -0.3 is 9.15 Å². The standard InChI is InChI=1S/C23H16N4O5S/c1-14-6-8-15(9-7-14)31-13-21-24-23-26(25-21)22(28)20(33-23)12-16-10-11-19(32-16)17-4-2-3-5-18(17)27(29)30/h2-12H,13H2,1H3. The first-order valence-corrected chi connectivity index (χ1v) is 10.7. The minimum Gasteiger partial charge on any atom is -0.486 e. The fourth-order valence-corrected chi connectivity index (χ4v) is 4.17. The molecule has 3 aromatic heterocycles. The summed E-state index contributed by atoms with van der Waals surface area (Å²) in [5.74, 6) is 1.84. The van der Waals surface area contributed by atoms with Gasteiger partial charge in [-0.15, -0.1) is 5.10 Å². The fourth-order valence-electron chi connectivity index (χ4n) is 3.26. The molecule has 0 saturated heterocycles. The molecule has 0 amide bonds. The summed E-state index contributed by atoms with van der Waals surface area (Å²) in [4.78, 5) is 28.4. The van der Waals surface area contributed by atoms with Crippen LogP contribution in [0.4, 0.5) is 5.69 Å². The summed E-state index contributed by atoms with van der Waals surface area (Å²) in [6, 6.07) is 17.2. The molecule has 0 N–H and O–H groups in total. The summed E-state index contributed by atoms with van der Waals surface area (Å²) in [6.45, 7) is 2.14. The Bertz CT molecular complexity index is 1580. The minimum absolute atomic E-state index is 0.0536. The van der Waals surface area contributed by atoms with Crippen molar-refractivity contribution in [2.45, 2.75) is 13.5 Å². The predicted octanol–water partition coefficient (Wildman–Crippen LogP) is 3.75. The zero-order valence-corrected chi connectivity index (χ0v) is 18.1. The Hall–Kier alpha value is -4.31. The van der Waals surface area contributed by atoms with Crippen LogP contribution in [0.25, 0.3) is 22.4 Å². The number of hydrogen-bond donors (Lipinski definition) is 0. The molecule has 9 nitrogen and oxygen atoms in total. The van der Waals surface area contributed by atoms with E-state index in [-0.39, 0.29) is 17.9 Å². The van der Waals surface area contributed by atoms with Crippen LogP contribution in [0.15, 0.2) is 69.9 Å². The lowest BCUT2D eigenvalue weighted by atomic mass is 10.1. The zero-order valence-electron chi connectivity index (χ0n) is 17.3. The highest BCUT2D eigenvalue weighted by Crippen LogP contribution is 2.31. The number of rotatable bonds is 6. The largest absolute Gasteiger partial charge is 0.486 e. The number of hydrogen-bond acceptors (Lipinski definition) is 8. The molecule has 5 rings (SSSR count). The van der Waals surface area contributed by atoms with E-state index in [1.54, 1.807) is 36.4 Å². The van der Waals surface area contributed by atoms with Gasteiger partial charge in [0.2, 0.25) is 4.96 Å². The van der Waals surface area contributed by atoms with Crippen LogP contribution in [0, 0.1) is 17.0 Å². The second kappa shape index (κ2) is 8.32. The van der Waals surface area contributed by atoms with Gasteiger partial charge in [-0.25, -0.2) is 0 Å². The van der Waals surface area contributed by atoms with Crippen molar-refractivity contribution >= 4 is 28.1 Å². The lowest BCUT2D eigenvalue weighted by molar-refractivity contribution is -0.384. The molecule has 3 heterocycles. The number of nitro groups is 1. The van der Waals surface area contributed by atoms with Crippen LogP contribution in [0.2, 0.25) is 0 Å². The predicted molar refractivity (Wildman–Crippen MR) is 122 cm³/mol. The summed E-state index contributed by atoms with van der Waals surface area (Å²) >= 11 is 1.17. The van der Waals surface area contributed by atoms with Crippen LogP contribution in [0.5, 0.6) is 5.75 Å². The number of aryl methyl sites for hydroxylation is 1. The van der Waals surface area contributed by atoms with E-state index in [4.69, 9.17) is 9.15 Å². The second-order valence-electron chi connectivity index (χ2n) is 7.22. The van der Waals surface area contributed by atoms with Crippen molar-refractivity contribution in [3.05, 3.63) is 103 Å². The Morgan fingerprint density at radius 2 is 1.94 bits per heavy atom. The van der Waals surface area contributed by atoms with Gasteiger partial charge in [-0.3, -0.25) is 14.9 Å². The third kappa shape index (κ3) is 4.11. The Morgan fingerprint density at radius 3 is 2.70 bits per heavy atom. The van der Waals surface area contributed by atoms with Gasteiger partial charge in [0.1, 0.15) is 28.4 Å². The Labute approximate surface area is 190 Å². The maximum atomic E-state index is 12.7. The van der Waals surface area contributed by atoms with Crippen LogP contribution in [-0.2, 0) is 6.61 Å². The monoisotopic (exact) mass is 460 g/mol. The highest BCUT2D eigenvalue weighted by atomic mass is 32.1. The van der Waals surface area contributed by atoms with Gasteiger partial charge in [0.05, 0.1) is 10.5 Å². The summed E-state index contributed by atoms with van der Waals surface area (Å²) in [7, 11) is 0. The number of fused-ring (bicyclic) bond motifs is 1. The van der Waals surface area contributed by atoms with Crippen molar-refractivity contribution in [3.63, 3.8) is 0 Å². The van der Waals surface area contributed by atoms with Crippen LogP contribution in [-0.4, -0.2) is 19.5 Å². The number of thiazole rings is 1. The van der Waals surface area contributed by atoms with Gasteiger partial charge >= 0.3 is 0 Å². The van der Waals surface area contributed by atoms with Crippen molar-refractivity contribution in [1.82, 2.24) is 14.6 Å². The topological polar surface area (TPSA) is 113 Å². The van der Waals surface area contributed by atoms with Gasteiger partial charge in [-0.1, -0.05) is 41.2 Å². The Morgan fingerprint density at radius 1 is 1.15 bits per heavy atom. The molecule has 0 fully saturated rings. The molecule has 33 heavy (non-hydrogen) atoms. The Balaban J connectivity index is 1.40. The van der Waals surface area contributed by atoms with Gasteiger partial charge in [0, 0.05) is 12.1 Å². The number of benzene rings is 2. The third-order valence-corrected chi connectivity index (χ3v) is 5.84. The van der Waals surface area contributed by atoms with E-state index < -0.39 is 4.92 Å². The molecule has 2 aromatic carbocycles. The molecule has 0 radical (unpaired) electrons. The first-order chi connectivity index (χ1) is 16.0. The van der Waals surface area contributed by atoms with E-state index in [0.29, 0.717) is 38.2 Å². The van der Waals surface area contributed by atoms with Crippen LogP contribution < -0.4 is 14.8 Å². The van der Waals surface area contributed by atoms with Crippen molar-refractivity contribution in [1.29, 1.82) is 0 Å². The summed E-state index contributed by atoms with van der Waals surface area (Å²) in [5.41, 5.74) is 1.12. The van der Waals surface area contributed by atoms with E-state index in [0.717, 1.165) is 5.56 Å². The van der Waals surface area contributed by atoms with E-state index in [1.165, 1.54) is 21.9 Å². The van der Waals surface area contributed by atoms with Gasteiger partial charge in [-0.05, 0) is 37.3 Å². The quantitative estimate of drug-likeness (QED) is 0.280. The molecule has 0 spiro atoms. The average molecular weight is 460 g/mol. The van der Waals surface area contributed by atoms with E-state index in [2.05, 4.69) is 10.1 Å². The lowest BCUT2D eigenvalue weighted by Crippen LogP contribution is -2.23. The third-order valence-electron chi connectivity index (χ3n) is 4.88. The molecule has 0 aliphatic carbocycles. The number of nitro benzene ring substituents is 1. The van der Waals surface area contributed by atoms with E-state index in [1.807, 2.05) is 31.2 Å². The zero-order chi connectivity index (χ0) is 22.9. The van der Waals surface area contributed by atoms with E-state index >= 15 is 0 Å². The summed E-state index contributed by atoms with van der Waals surface area (Å²) in [6.07, 6.45) is 1.57. The van der Waals surface area contributed by atoms with Gasteiger partial charge in [0.25, 0.3) is 11.2 Å². The number of furan rings is 1. The van der Waals surface area contributed by atoms with E-state index in [9.17, 15) is 14.9 Å². The van der Waals surface area contributed by atoms with Gasteiger partial charge in [0.15, 0.2) is 5.82 Å². The molecule has 164 valence electrons.